The van der Waals surface area contributed by atoms with Crippen molar-refractivity contribution in [2.45, 2.75) is 27.4 Å². The quantitative estimate of drug-likeness (QED) is 0.741. The topological polar surface area (TPSA) is 26.3 Å². The smallest absolute Gasteiger partial charge is 0.252 e. The first-order chi connectivity index (χ1) is 6.99. The number of carbonyl (C=O) groups is 1. The van der Waals surface area contributed by atoms with E-state index in [2.05, 4.69) is 0 Å². The molecule has 0 spiro atoms. The number of halogens is 1. The maximum absolute atomic E-state index is 11.3. The molecule has 0 bridgehead atoms. The zero-order valence-electron chi connectivity index (χ0n) is 9.48. The molecule has 3 heteroatoms. The lowest BCUT2D eigenvalue weighted by Gasteiger charge is -2.14. The summed E-state index contributed by atoms with van der Waals surface area (Å²) in [6.45, 7) is 6.32. The summed E-state index contributed by atoms with van der Waals surface area (Å²) >= 11 is 5.56. The van der Waals surface area contributed by atoms with Crippen LogP contribution in [0.25, 0.3) is 0 Å². The van der Waals surface area contributed by atoms with Gasteiger partial charge in [0.05, 0.1) is 6.61 Å². The van der Waals surface area contributed by atoms with Crippen LogP contribution < -0.4 is 0 Å². The first-order valence-corrected chi connectivity index (χ1v) is 5.15. The molecule has 0 saturated heterocycles. The van der Waals surface area contributed by atoms with Crippen molar-refractivity contribution in [3.63, 3.8) is 0 Å². The van der Waals surface area contributed by atoms with Gasteiger partial charge in [0.2, 0.25) is 0 Å². The van der Waals surface area contributed by atoms with Crippen LogP contribution >= 0.6 is 11.6 Å². The first kappa shape index (κ1) is 12.2. The van der Waals surface area contributed by atoms with Gasteiger partial charge in [-0.1, -0.05) is 6.07 Å². The second-order valence-corrected chi connectivity index (χ2v) is 4.04. The number of ether oxygens (including phenoxy) is 1. The summed E-state index contributed by atoms with van der Waals surface area (Å²) in [5.74, 6) is 0. The highest BCUT2D eigenvalue weighted by atomic mass is 35.5. The summed E-state index contributed by atoms with van der Waals surface area (Å²) in [5, 5.41) is -0.401. The fraction of sp³-hybridized carbons (Fsp3) is 0.417. The number of aryl methyl sites for hydroxylation is 2. The summed E-state index contributed by atoms with van der Waals surface area (Å²) < 4.78 is 5.11. The Balaban J connectivity index is 3.42. The molecule has 1 rings (SSSR count). The fourth-order valence-electron chi connectivity index (χ4n) is 1.90. The minimum atomic E-state index is -0.401. The van der Waals surface area contributed by atoms with Crippen molar-refractivity contribution < 1.29 is 9.53 Å². The molecule has 0 heterocycles. The van der Waals surface area contributed by atoms with Crippen LogP contribution in [0.5, 0.6) is 0 Å². The van der Waals surface area contributed by atoms with Crippen molar-refractivity contribution in [3.8, 4) is 0 Å². The van der Waals surface area contributed by atoms with Crippen LogP contribution in [0.15, 0.2) is 6.07 Å². The molecule has 1 aromatic carbocycles. The maximum atomic E-state index is 11.3. The largest absolute Gasteiger partial charge is 0.380 e. The summed E-state index contributed by atoms with van der Waals surface area (Å²) in [6.07, 6.45) is 0. The normalized spacial score (nSPS) is 10.5. The Morgan fingerprint density at radius 2 is 1.93 bits per heavy atom. The van der Waals surface area contributed by atoms with Gasteiger partial charge in [0, 0.05) is 12.7 Å². The standard InChI is InChI=1S/C12H15ClO2/c1-7-5-8(2)11(12(13)14)9(3)10(7)6-15-4/h5H,6H2,1-4H3. The summed E-state index contributed by atoms with van der Waals surface area (Å²) in [6, 6.07) is 1.97. The number of benzene rings is 1. The van der Waals surface area contributed by atoms with Crippen molar-refractivity contribution in [3.05, 3.63) is 33.9 Å². The molecule has 0 saturated carbocycles. The second kappa shape index (κ2) is 4.77. The zero-order valence-corrected chi connectivity index (χ0v) is 10.2. The lowest BCUT2D eigenvalue weighted by molar-refractivity contribution is 0.108. The molecule has 2 nitrogen and oxygen atoms in total. The molecule has 0 aliphatic carbocycles. The van der Waals surface area contributed by atoms with Gasteiger partial charge in [-0.2, -0.15) is 0 Å². The van der Waals surface area contributed by atoms with E-state index in [1.165, 1.54) is 0 Å². The Bertz CT molecular complexity index is 397. The van der Waals surface area contributed by atoms with E-state index in [1.807, 2.05) is 26.8 Å². The molecule has 0 aliphatic heterocycles. The Kier molecular flexibility index (Phi) is 3.89. The van der Waals surface area contributed by atoms with Gasteiger partial charge < -0.3 is 4.74 Å². The predicted octanol–water partition coefficient (Wildman–Crippen LogP) is 3.14. The highest BCUT2D eigenvalue weighted by Crippen LogP contribution is 2.24. The maximum Gasteiger partial charge on any atom is 0.252 e. The molecule has 0 radical (unpaired) electrons. The first-order valence-electron chi connectivity index (χ1n) is 4.77. The molecule has 0 aliphatic rings. The van der Waals surface area contributed by atoms with Crippen LogP contribution in [0.4, 0.5) is 0 Å². The highest BCUT2D eigenvalue weighted by molar-refractivity contribution is 6.68. The third-order valence-corrected chi connectivity index (χ3v) is 2.81. The van der Waals surface area contributed by atoms with Crippen molar-refractivity contribution in [1.82, 2.24) is 0 Å². The zero-order chi connectivity index (χ0) is 11.6. The van der Waals surface area contributed by atoms with Crippen molar-refractivity contribution in [2.24, 2.45) is 0 Å². The van der Waals surface area contributed by atoms with Gasteiger partial charge in [-0.15, -0.1) is 0 Å². The highest BCUT2D eigenvalue weighted by Gasteiger charge is 2.14. The van der Waals surface area contributed by atoms with Crippen LogP contribution in [0, 0.1) is 20.8 Å². The fourth-order valence-corrected chi connectivity index (χ4v) is 2.19. The van der Waals surface area contributed by atoms with Crippen molar-refractivity contribution >= 4 is 16.8 Å². The SMILES string of the molecule is COCc1c(C)cc(C)c(C(=O)Cl)c1C. The number of carbonyl (C=O) groups excluding carboxylic acids is 1. The minimum Gasteiger partial charge on any atom is -0.380 e. The lowest BCUT2D eigenvalue weighted by atomic mass is 9.94. The van der Waals surface area contributed by atoms with Crippen molar-refractivity contribution in [2.75, 3.05) is 7.11 Å². The number of methoxy groups -OCH3 is 1. The molecule has 0 unspecified atom stereocenters. The average molecular weight is 227 g/mol. The van der Waals surface area contributed by atoms with Gasteiger partial charge in [-0.3, -0.25) is 4.79 Å². The van der Waals surface area contributed by atoms with E-state index in [4.69, 9.17) is 16.3 Å². The van der Waals surface area contributed by atoms with Gasteiger partial charge in [0.1, 0.15) is 0 Å². The van der Waals surface area contributed by atoms with Crippen molar-refractivity contribution in [1.29, 1.82) is 0 Å². The Labute approximate surface area is 95.2 Å². The molecule has 82 valence electrons. The van der Waals surface area contributed by atoms with Gasteiger partial charge in [0.15, 0.2) is 0 Å². The van der Waals surface area contributed by atoms with E-state index in [0.717, 1.165) is 22.3 Å². The summed E-state index contributed by atoms with van der Waals surface area (Å²) in [7, 11) is 1.64. The Morgan fingerprint density at radius 3 is 2.40 bits per heavy atom. The number of rotatable bonds is 3. The monoisotopic (exact) mass is 226 g/mol. The van der Waals surface area contributed by atoms with E-state index in [1.54, 1.807) is 7.11 Å². The third kappa shape index (κ3) is 2.39. The average Bonchev–Trinajstić information content (AvgIpc) is 2.11. The third-order valence-electron chi connectivity index (χ3n) is 2.62. The molecule has 0 amide bonds. The number of hydrogen-bond donors (Lipinski definition) is 0. The van der Waals surface area contributed by atoms with Crippen LogP contribution in [0.2, 0.25) is 0 Å². The van der Waals surface area contributed by atoms with Crippen LogP contribution in [0.1, 0.15) is 32.6 Å². The molecule has 0 atom stereocenters. The van der Waals surface area contributed by atoms with E-state index in [9.17, 15) is 4.79 Å². The van der Waals surface area contributed by atoms with Crippen LogP contribution in [-0.4, -0.2) is 12.4 Å². The Hall–Kier alpha value is -0.860. The van der Waals surface area contributed by atoms with Gasteiger partial charge in [0.25, 0.3) is 5.24 Å². The molecule has 0 N–H and O–H groups in total. The van der Waals surface area contributed by atoms with E-state index in [0.29, 0.717) is 12.2 Å². The molecular formula is C12H15ClO2. The minimum absolute atomic E-state index is 0.401. The van der Waals surface area contributed by atoms with Gasteiger partial charge in [-0.05, 0) is 54.6 Å². The Morgan fingerprint density at radius 1 is 1.33 bits per heavy atom. The van der Waals surface area contributed by atoms with Crippen LogP contribution in [0.3, 0.4) is 0 Å². The molecule has 1 aromatic rings. The van der Waals surface area contributed by atoms with Crippen LogP contribution in [-0.2, 0) is 11.3 Å². The molecule has 15 heavy (non-hydrogen) atoms. The second-order valence-electron chi connectivity index (χ2n) is 3.70. The van der Waals surface area contributed by atoms with E-state index >= 15 is 0 Å². The van der Waals surface area contributed by atoms with Gasteiger partial charge >= 0.3 is 0 Å². The molecule has 0 aromatic heterocycles. The van der Waals surface area contributed by atoms with Gasteiger partial charge in [-0.25, -0.2) is 0 Å². The van der Waals surface area contributed by atoms with E-state index in [-0.39, 0.29) is 0 Å². The van der Waals surface area contributed by atoms with E-state index < -0.39 is 5.24 Å². The lowest BCUT2D eigenvalue weighted by Crippen LogP contribution is -2.05. The summed E-state index contributed by atoms with van der Waals surface area (Å²) in [5.41, 5.74) is 4.63. The molecule has 0 fully saturated rings. The summed E-state index contributed by atoms with van der Waals surface area (Å²) in [4.78, 5) is 11.3. The predicted molar refractivity (Wildman–Crippen MR) is 61.5 cm³/mol. The molecular weight excluding hydrogens is 212 g/mol. The number of hydrogen-bond acceptors (Lipinski definition) is 2.